The molecule has 0 fully saturated rings. The van der Waals surface area contributed by atoms with Gasteiger partial charge in [-0.3, -0.25) is 0 Å². The Labute approximate surface area is 98.3 Å². The molecule has 3 heteroatoms. The molecular weight excluding hydrogens is 204 g/mol. The lowest BCUT2D eigenvalue weighted by Gasteiger charge is -2.35. The van der Waals surface area contributed by atoms with Gasteiger partial charge in [0.05, 0.1) is 0 Å². The monoisotopic (exact) mass is 232 g/mol. The van der Waals surface area contributed by atoms with E-state index in [4.69, 9.17) is 9.16 Å². The van der Waals surface area contributed by atoms with Gasteiger partial charge < -0.3 is 9.16 Å². The Morgan fingerprint density at radius 3 is 2.33 bits per heavy atom. The van der Waals surface area contributed by atoms with Crippen LogP contribution in [0.4, 0.5) is 0 Å². The van der Waals surface area contributed by atoms with E-state index in [1.807, 2.05) is 0 Å². The van der Waals surface area contributed by atoms with Crippen molar-refractivity contribution in [2.45, 2.75) is 65.6 Å². The average molecular weight is 232 g/mol. The quantitative estimate of drug-likeness (QED) is 0.346. The highest BCUT2D eigenvalue weighted by molar-refractivity contribution is 5.98. The molecular formula is C12H28O2Si. The van der Waals surface area contributed by atoms with Crippen LogP contribution in [-0.4, -0.2) is 22.9 Å². The Morgan fingerprint density at radius 1 is 1.20 bits per heavy atom. The van der Waals surface area contributed by atoms with Gasteiger partial charge in [0.1, 0.15) is 10.5 Å². The van der Waals surface area contributed by atoms with Crippen LogP contribution >= 0.6 is 0 Å². The zero-order valence-electron chi connectivity index (χ0n) is 11.1. The summed E-state index contributed by atoms with van der Waals surface area (Å²) in [6, 6.07) is 0. The number of hydrogen-bond acceptors (Lipinski definition) is 2. The van der Waals surface area contributed by atoms with Crippen molar-refractivity contribution in [1.82, 2.24) is 0 Å². The molecule has 0 radical (unpaired) electrons. The molecule has 0 saturated carbocycles. The molecule has 0 amide bonds. The van der Waals surface area contributed by atoms with Crippen molar-refractivity contribution in [2.75, 3.05) is 6.61 Å². The van der Waals surface area contributed by atoms with Gasteiger partial charge in [-0.2, -0.15) is 0 Å². The largest absolute Gasteiger partial charge is 0.401 e. The van der Waals surface area contributed by atoms with Gasteiger partial charge in [0.25, 0.3) is 0 Å². The lowest BCUT2D eigenvalue weighted by Crippen LogP contribution is -2.39. The minimum absolute atomic E-state index is 0.337. The van der Waals surface area contributed by atoms with Crippen LogP contribution < -0.4 is 0 Å². The lowest BCUT2D eigenvalue weighted by atomic mass is 9.97. The molecule has 0 aromatic heterocycles. The maximum atomic E-state index is 5.91. The summed E-state index contributed by atoms with van der Waals surface area (Å²) in [5.74, 6) is 0.150. The van der Waals surface area contributed by atoms with E-state index in [-0.39, 0.29) is 5.79 Å². The fraction of sp³-hybridized carbons (Fsp3) is 1.00. The van der Waals surface area contributed by atoms with Gasteiger partial charge in [0.2, 0.25) is 0 Å². The molecule has 0 bridgehead atoms. The van der Waals surface area contributed by atoms with Gasteiger partial charge in [-0.1, -0.05) is 40.0 Å². The molecule has 0 aliphatic carbocycles. The van der Waals surface area contributed by atoms with E-state index in [1.54, 1.807) is 0 Å². The third kappa shape index (κ3) is 5.69. The van der Waals surface area contributed by atoms with Gasteiger partial charge in [-0.15, -0.1) is 0 Å². The predicted octanol–water partition coefficient (Wildman–Crippen LogP) is 2.64. The van der Waals surface area contributed by atoms with Gasteiger partial charge in [-0.25, -0.2) is 0 Å². The fourth-order valence-electron chi connectivity index (χ4n) is 1.72. The van der Waals surface area contributed by atoms with E-state index in [1.165, 1.54) is 25.7 Å². The molecule has 0 spiro atoms. The van der Waals surface area contributed by atoms with Crippen LogP contribution in [0, 0.1) is 5.92 Å². The first-order chi connectivity index (χ1) is 7.10. The van der Waals surface area contributed by atoms with Crippen LogP contribution in [0.5, 0.6) is 0 Å². The molecule has 0 aliphatic rings. The second-order valence-electron chi connectivity index (χ2n) is 4.47. The smallest absolute Gasteiger partial charge is 0.157 e. The van der Waals surface area contributed by atoms with Crippen LogP contribution in [0.1, 0.15) is 59.8 Å². The van der Waals surface area contributed by atoms with Crippen molar-refractivity contribution in [3.05, 3.63) is 0 Å². The molecule has 0 rings (SSSR count). The molecule has 2 atom stereocenters. The van der Waals surface area contributed by atoms with E-state index >= 15 is 0 Å². The summed E-state index contributed by atoms with van der Waals surface area (Å²) in [4.78, 5) is 0. The lowest BCUT2D eigenvalue weighted by molar-refractivity contribution is -0.201. The fourth-order valence-corrected chi connectivity index (χ4v) is 2.24. The Balaban J connectivity index is 3.94. The van der Waals surface area contributed by atoms with Crippen molar-refractivity contribution in [3.63, 3.8) is 0 Å². The summed E-state index contributed by atoms with van der Waals surface area (Å²) in [5.41, 5.74) is 0. The van der Waals surface area contributed by atoms with E-state index < -0.39 is 0 Å². The summed E-state index contributed by atoms with van der Waals surface area (Å²) in [7, 11) is 0.746. The van der Waals surface area contributed by atoms with Crippen LogP contribution in [-0.2, 0) is 9.16 Å². The molecule has 2 unspecified atom stereocenters. The normalized spacial score (nSPS) is 17.6. The molecule has 92 valence electrons. The van der Waals surface area contributed by atoms with Crippen LogP contribution in [0.3, 0.4) is 0 Å². The third-order valence-electron chi connectivity index (χ3n) is 3.16. The number of ether oxygens (including phenoxy) is 1. The van der Waals surface area contributed by atoms with Crippen molar-refractivity contribution in [2.24, 2.45) is 5.92 Å². The number of rotatable bonds is 9. The first-order valence-corrected chi connectivity index (χ1v) is 7.11. The Morgan fingerprint density at radius 2 is 1.87 bits per heavy atom. The van der Waals surface area contributed by atoms with Gasteiger partial charge >= 0.3 is 0 Å². The molecule has 0 aromatic rings. The predicted molar refractivity (Wildman–Crippen MR) is 69.0 cm³/mol. The van der Waals surface area contributed by atoms with E-state index in [9.17, 15) is 0 Å². The highest BCUT2D eigenvalue weighted by Gasteiger charge is 2.30. The summed E-state index contributed by atoms with van der Waals surface area (Å²) >= 11 is 0. The average Bonchev–Trinajstić information content (AvgIpc) is 2.24. The van der Waals surface area contributed by atoms with E-state index in [2.05, 4.69) is 27.7 Å². The first kappa shape index (κ1) is 15.1. The minimum Gasteiger partial charge on any atom is -0.401 e. The number of unbranched alkanes of at least 4 members (excludes halogenated alkanes) is 2. The van der Waals surface area contributed by atoms with E-state index in [0.29, 0.717) is 5.92 Å². The van der Waals surface area contributed by atoms with Crippen molar-refractivity contribution in [1.29, 1.82) is 0 Å². The van der Waals surface area contributed by atoms with Crippen molar-refractivity contribution in [3.8, 4) is 0 Å². The van der Waals surface area contributed by atoms with Crippen LogP contribution in [0.2, 0.25) is 0 Å². The zero-order valence-corrected chi connectivity index (χ0v) is 13.1. The molecule has 0 N–H and O–H groups in total. The summed E-state index contributed by atoms with van der Waals surface area (Å²) in [6.45, 7) is 9.57. The van der Waals surface area contributed by atoms with Gasteiger partial charge in [0.15, 0.2) is 5.79 Å². The number of hydrogen-bond donors (Lipinski definition) is 0. The second-order valence-corrected chi connectivity index (χ2v) is 4.87. The van der Waals surface area contributed by atoms with Crippen LogP contribution in [0.15, 0.2) is 0 Å². The van der Waals surface area contributed by atoms with Gasteiger partial charge in [-0.05, 0) is 19.8 Å². The van der Waals surface area contributed by atoms with E-state index in [0.717, 1.165) is 23.5 Å². The Kier molecular flexibility index (Phi) is 8.38. The standard InChI is InChI=1S/C12H28O2Si/c1-5-7-8-10-13-12(4,14-15)11(3)9-6-2/h11H,5-10H2,1-4,15H3. The third-order valence-corrected chi connectivity index (χ3v) is 3.97. The Hall–Kier alpha value is 0.137. The van der Waals surface area contributed by atoms with Gasteiger partial charge in [0, 0.05) is 12.5 Å². The van der Waals surface area contributed by atoms with Crippen molar-refractivity contribution < 1.29 is 9.16 Å². The maximum Gasteiger partial charge on any atom is 0.157 e. The summed E-state index contributed by atoms with van der Waals surface area (Å²) < 4.78 is 11.6. The summed E-state index contributed by atoms with van der Waals surface area (Å²) in [5, 5.41) is 0. The summed E-state index contributed by atoms with van der Waals surface area (Å²) in [6.07, 6.45) is 6.01. The molecule has 2 nitrogen and oxygen atoms in total. The topological polar surface area (TPSA) is 18.5 Å². The molecule has 0 aromatic carbocycles. The molecule has 15 heavy (non-hydrogen) atoms. The van der Waals surface area contributed by atoms with Crippen LogP contribution in [0.25, 0.3) is 0 Å². The maximum absolute atomic E-state index is 5.91. The second kappa shape index (κ2) is 8.31. The zero-order chi connectivity index (χ0) is 11.7. The van der Waals surface area contributed by atoms with Crippen molar-refractivity contribution >= 4 is 10.5 Å². The molecule has 0 heterocycles. The highest BCUT2D eigenvalue weighted by atomic mass is 28.2. The highest BCUT2D eigenvalue weighted by Crippen LogP contribution is 2.26. The first-order valence-electron chi connectivity index (χ1n) is 6.29. The minimum atomic E-state index is -0.337. The molecule has 0 aliphatic heterocycles. The SMILES string of the molecule is CCCCCOC(C)(O[SiH3])C(C)CCC. The Bertz CT molecular complexity index is 153. The molecule has 0 saturated heterocycles.